The lowest BCUT2D eigenvalue weighted by Gasteiger charge is -2.17. The highest BCUT2D eigenvalue weighted by molar-refractivity contribution is 9.10. The van der Waals surface area contributed by atoms with Crippen LogP contribution >= 0.6 is 31.9 Å². The van der Waals surface area contributed by atoms with Gasteiger partial charge in [0.1, 0.15) is 11.5 Å². The lowest BCUT2D eigenvalue weighted by atomic mass is 10.1. The van der Waals surface area contributed by atoms with Crippen molar-refractivity contribution in [1.82, 2.24) is 0 Å². The monoisotopic (exact) mass is 413 g/mol. The fourth-order valence-electron chi connectivity index (χ4n) is 2.05. The molecule has 112 valence electrons. The van der Waals surface area contributed by atoms with Gasteiger partial charge in [0, 0.05) is 22.3 Å². The lowest BCUT2D eigenvalue weighted by Crippen LogP contribution is -2.07. The van der Waals surface area contributed by atoms with Crippen molar-refractivity contribution in [3.8, 4) is 11.5 Å². The van der Waals surface area contributed by atoms with Crippen LogP contribution in [0.25, 0.3) is 0 Å². The van der Waals surface area contributed by atoms with Crippen molar-refractivity contribution in [3.63, 3.8) is 0 Å². The van der Waals surface area contributed by atoms with Gasteiger partial charge in [-0.2, -0.15) is 0 Å². The minimum absolute atomic E-state index is 0.159. The molecule has 2 aromatic carbocycles. The van der Waals surface area contributed by atoms with Gasteiger partial charge in [0.05, 0.1) is 18.7 Å². The van der Waals surface area contributed by atoms with Gasteiger partial charge in [0.2, 0.25) is 0 Å². The molecular weight excluding hydrogens is 398 g/mol. The van der Waals surface area contributed by atoms with Crippen molar-refractivity contribution in [1.29, 1.82) is 0 Å². The van der Waals surface area contributed by atoms with Crippen LogP contribution in [0.1, 0.15) is 18.5 Å². The first-order chi connectivity index (χ1) is 10.0. The van der Waals surface area contributed by atoms with Gasteiger partial charge in [0.25, 0.3) is 0 Å². The highest BCUT2D eigenvalue weighted by Gasteiger charge is 2.09. The van der Waals surface area contributed by atoms with Crippen molar-refractivity contribution in [2.24, 2.45) is 0 Å². The topological polar surface area (TPSA) is 30.5 Å². The molecule has 0 fully saturated rings. The number of rotatable bonds is 5. The first kappa shape index (κ1) is 16.2. The molecule has 0 heterocycles. The van der Waals surface area contributed by atoms with Gasteiger partial charge in [0.15, 0.2) is 0 Å². The van der Waals surface area contributed by atoms with Crippen LogP contribution in [-0.2, 0) is 0 Å². The molecule has 0 saturated heterocycles. The summed E-state index contributed by atoms with van der Waals surface area (Å²) >= 11 is 7.00. The van der Waals surface area contributed by atoms with E-state index in [0.29, 0.717) is 0 Å². The molecule has 1 N–H and O–H groups in total. The van der Waals surface area contributed by atoms with Gasteiger partial charge >= 0.3 is 0 Å². The Kier molecular flexibility index (Phi) is 5.53. The number of hydrogen-bond acceptors (Lipinski definition) is 3. The van der Waals surface area contributed by atoms with Crippen molar-refractivity contribution < 1.29 is 9.47 Å². The first-order valence-corrected chi connectivity index (χ1v) is 8.06. The van der Waals surface area contributed by atoms with Crippen molar-refractivity contribution in [3.05, 3.63) is 50.9 Å². The molecule has 21 heavy (non-hydrogen) atoms. The second-order valence-electron chi connectivity index (χ2n) is 4.64. The minimum atomic E-state index is 0.159. The zero-order valence-electron chi connectivity index (χ0n) is 12.1. The van der Waals surface area contributed by atoms with Crippen LogP contribution in [0.2, 0.25) is 0 Å². The summed E-state index contributed by atoms with van der Waals surface area (Å²) < 4.78 is 12.5. The number of hydrogen-bond donors (Lipinski definition) is 1. The zero-order valence-corrected chi connectivity index (χ0v) is 15.3. The van der Waals surface area contributed by atoms with Crippen LogP contribution < -0.4 is 14.8 Å². The average Bonchev–Trinajstić information content (AvgIpc) is 2.46. The van der Waals surface area contributed by atoms with Crippen LogP contribution in [0.5, 0.6) is 11.5 Å². The normalized spacial score (nSPS) is 11.9. The Hall–Kier alpha value is -1.20. The van der Waals surface area contributed by atoms with Crippen LogP contribution in [-0.4, -0.2) is 14.2 Å². The molecule has 0 bridgehead atoms. The maximum Gasteiger partial charge on any atom is 0.133 e. The molecule has 3 nitrogen and oxygen atoms in total. The molecule has 5 heteroatoms. The van der Waals surface area contributed by atoms with E-state index < -0.39 is 0 Å². The maximum absolute atomic E-state index is 5.28. The van der Waals surface area contributed by atoms with E-state index in [-0.39, 0.29) is 6.04 Å². The summed E-state index contributed by atoms with van der Waals surface area (Å²) in [6.45, 7) is 2.11. The summed E-state index contributed by atoms with van der Waals surface area (Å²) in [5.41, 5.74) is 2.17. The second-order valence-corrected chi connectivity index (χ2v) is 6.41. The highest BCUT2D eigenvalue weighted by Crippen LogP contribution is 2.31. The Morgan fingerprint density at radius 1 is 1.00 bits per heavy atom. The number of methoxy groups -OCH3 is 2. The van der Waals surface area contributed by atoms with Crippen LogP contribution in [0.3, 0.4) is 0 Å². The Bertz CT molecular complexity index is 632. The Labute approximate surface area is 141 Å². The van der Waals surface area contributed by atoms with E-state index in [2.05, 4.69) is 56.2 Å². The fourth-order valence-corrected chi connectivity index (χ4v) is 3.08. The largest absolute Gasteiger partial charge is 0.497 e. The molecule has 0 aliphatic carbocycles. The van der Waals surface area contributed by atoms with Gasteiger partial charge in [-0.3, -0.25) is 0 Å². The molecule has 2 aromatic rings. The standard InChI is InChI=1S/C16H17Br2NO2/c1-10(11-4-5-16(21-3)15(18)6-11)19-13-7-12(17)8-14(9-13)20-2/h4-10,19H,1-3H3. The molecule has 0 saturated carbocycles. The molecular formula is C16H17Br2NO2. The quantitative estimate of drug-likeness (QED) is 0.710. The molecule has 0 amide bonds. The van der Waals surface area contributed by atoms with E-state index in [1.807, 2.05) is 24.3 Å². The maximum atomic E-state index is 5.28. The van der Waals surface area contributed by atoms with E-state index >= 15 is 0 Å². The van der Waals surface area contributed by atoms with Crippen molar-refractivity contribution in [2.75, 3.05) is 19.5 Å². The van der Waals surface area contributed by atoms with Gasteiger partial charge in [-0.1, -0.05) is 22.0 Å². The number of nitrogens with one attached hydrogen (secondary N) is 1. The third kappa shape index (κ3) is 4.14. The lowest BCUT2D eigenvalue weighted by molar-refractivity contribution is 0.412. The molecule has 2 rings (SSSR count). The minimum Gasteiger partial charge on any atom is -0.497 e. The van der Waals surface area contributed by atoms with Gasteiger partial charge in [-0.05, 0) is 52.7 Å². The van der Waals surface area contributed by atoms with Crippen LogP contribution in [0.4, 0.5) is 5.69 Å². The third-order valence-electron chi connectivity index (χ3n) is 3.17. The number of halogens is 2. The average molecular weight is 415 g/mol. The second kappa shape index (κ2) is 7.18. The molecule has 1 atom stereocenters. The van der Waals surface area contributed by atoms with Crippen molar-refractivity contribution >= 4 is 37.5 Å². The third-order valence-corrected chi connectivity index (χ3v) is 4.24. The van der Waals surface area contributed by atoms with E-state index in [0.717, 1.165) is 26.1 Å². The molecule has 0 aliphatic heterocycles. The molecule has 1 unspecified atom stereocenters. The van der Waals surface area contributed by atoms with Crippen LogP contribution in [0.15, 0.2) is 45.3 Å². The zero-order chi connectivity index (χ0) is 15.4. The molecule has 0 radical (unpaired) electrons. The summed E-state index contributed by atoms with van der Waals surface area (Å²) in [6, 6.07) is 12.2. The molecule has 0 aromatic heterocycles. The highest BCUT2D eigenvalue weighted by atomic mass is 79.9. The smallest absolute Gasteiger partial charge is 0.133 e. The van der Waals surface area contributed by atoms with Crippen LogP contribution in [0, 0.1) is 0 Å². The summed E-state index contributed by atoms with van der Waals surface area (Å²) in [4.78, 5) is 0. The Morgan fingerprint density at radius 3 is 2.38 bits per heavy atom. The van der Waals surface area contributed by atoms with Gasteiger partial charge in [-0.15, -0.1) is 0 Å². The number of ether oxygens (including phenoxy) is 2. The number of benzene rings is 2. The summed E-state index contributed by atoms with van der Waals surface area (Å²) in [7, 11) is 3.32. The Morgan fingerprint density at radius 2 is 1.76 bits per heavy atom. The predicted molar refractivity (Wildman–Crippen MR) is 93.4 cm³/mol. The van der Waals surface area contributed by atoms with Gasteiger partial charge in [-0.25, -0.2) is 0 Å². The SMILES string of the molecule is COc1cc(Br)cc(NC(C)c2ccc(OC)c(Br)c2)c1. The van der Waals surface area contributed by atoms with Gasteiger partial charge < -0.3 is 14.8 Å². The number of anilines is 1. The van der Waals surface area contributed by atoms with E-state index in [4.69, 9.17) is 9.47 Å². The molecule has 0 spiro atoms. The van der Waals surface area contributed by atoms with E-state index in [9.17, 15) is 0 Å². The predicted octanol–water partition coefficient (Wildman–Crippen LogP) is 5.40. The summed E-state index contributed by atoms with van der Waals surface area (Å²) in [5.74, 6) is 1.64. The molecule has 0 aliphatic rings. The van der Waals surface area contributed by atoms with E-state index in [1.165, 1.54) is 5.56 Å². The fraction of sp³-hybridized carbons (Fsp3) is 0.250. The van der Waals surface area contributed by atoms with Crippen molar-refractivity contribution in [2.45, 2.75) is 13.0 Å². The first-order valence-electron chi connectivity index (χ1n) is 6.48. The summed E-state index contributed by atoms with van der Waals surface area (Å²) in [5, 5.41) is 3.47. The van der Waals surface area contributed by atoms with E-state index in [1.54, 1.807) is 14.2 Å². The summed E-state index contributed by atoms with van der Waals surface area (Å²) in [6.07, 6.45) is 0. The Balaban J connectivity index is 2.19.